The van der Waals surface area contributed by atoms with Gasteiger partial charge >= 0.3 is 0 Å². The lowest BCUT2D eigenvalue weighted by molar-refractivity contribution is 0.149. The first-order valence-corrected chi connectivity index (χ1v) is 7.51. The van der Waals surface area contributed by atoms with Crippen LogP contribution in [0.15, 0.2) is 30.3 Å². The summed E-state index contributed by atoms with van der Waals surface area (Å²) in [6.45, 7) is 0. The minimum Gasteiger partial charge on any atom is -0.474 e. The van der Waals surface area contributed by atoms with E-state index >= 15 is 0 Å². The Bertz CT molecular complexity index is 635. The molecule has 0 amide bonds. The van der Waals surface area contributed by atoms with Crippen molar-refractivity contribution < 1.29 is 4.74 Å². The van der Waals surface area contributed by atoms with E-state index in [1.165, 1.54) is 19.3 Å². The molecule has 3 nitrogen and oxygen atoms in total. The SMILES string of the molecule is NC(=S)c1cc(OC2CCCCC2)nc2ccccc12. The van der Waals surface area contributed by atoms with Gasteiger partial charge in [-0.3, -0.25) is 0 Å². The summed E-state index contributed by atoms with van der Waals surface area (Å²) >= 11 is 5.15. The van der Waals surface area contributed by atoms with Crippen LogP contribution in [0, 0.1) is 0 Å². The molecule has 0 atom stereocenters. The molecule has 1 aromatic carbocycles. The van der Waals surface area contributed by atoms with Crippen LogP contribution in [0.3, 0.4) is 0 Å². The van der Waals surface area contributed by atoms with Crippen LogP contribution in [0.1, 0.15) is 37.7 Å². The van der Waals surface area contributed by atoms with E-state index in [-0.39, 0.29) is 6.10 Å². The molecule has 0 spiro atoms. The van der Waals surface area contributed by atoms with Gasteiger partial charge in [-0.15, -0.1) is 0 Å². The van der Waals surface area contributed by atoms with Gasteiger partial charge in [-0.1, -0.05) is 36.8 Å². The molecule has 104 valence electrons. The maximum absolute atomic E-state index is 6.03. The number of nitrogens with two attached hydrogens (primary N) is 1. The number of benzene rings is 1. The van der Waals surface area contributed by atoms with E-state index in [1.54, 1.807) is 0 Å². The molecular weight excluding hydrogens is 268 g/mol. The van der Waals surface area contributed by atoms with Crippen LogP contribution in [-0.4, -0.2) is 16.1 Å². The Morgan fingerprint density at radius 1 is 1.20 bits per heavy atom. The average molecular weight is 286 g/mol. The molecule has 1 aliphatic carbocycles. The Balaban J connectivity index is 1.96. The van der Waals surface area contributed by atoms with Gasteiger partial charge in [-0.25, -0.2) is 4.98 Å². The van der Waals surface area contributed by atoms with Gasteiger partial charge in [0.25, 0.3) is 0 Å². The second kappa shape index (κ2) is 5.75. The van der Waals surface area contributed by atoms with Crippen LogP contribution in [0.2, 0.25) is 0 Å². The van der Waals surface area contributed by atoms with Crippen LogP contribution in [0.25, 0.3) is 10.9 Å². The molecule has 0 bridgehead atoms. The number of thiocarbonyl (C=S) groups is 1. The maximum atomic E-state index is 6.03. The monoisotopic (exact) mass is 286 g/mol. The zero-order chi connectivity index (χ0) is 13.9. The largest absolute Gasteiger partial charge is 0.474 e. The number of pyridine rings is 1. The minimum absolute atomic E-state index is 0.275. The van der Waals surface area contributed by atoms with Gasteiger partial charge in [0.1, 0.15) is 11.1 Å². The van der Waals surface area contributed by atoms with Gasteiger partial charge in [-0.05, 0) is 31.7 Å². The van der Waals surface area contributed by atoms with Crippen molar-refractivity contribution in [3.8, 4) is 5.88 Å². The lowest BCUT2D eigenvalue weighted by Gasteiger charge is -2.22. The summed E-state index contributed by atoms with van der Waals surface area (Å²) in [7, 11) is 0. The number of ether oxygens (including phenoxy) is 1. The van der Waals surface area contributed by atoms with Crippen molar-refractivity contribution in [2.24, 2.45) is 5.73 Å². The number of aromatic nitrogens is 1. The molecule has 1 saturated carbocycles. The highest BCUT2D eigenvalue weighted by molar-refractivity contribution is 7.80. The van der Waals surface area contributed by atoms with E-state index in [4.69, 9.17) is 22.7 Å². The molecule has 0 radical (unpaired) electrons. The summed E-state index contributed by atoms with van der Waals surface area (Å²) in [5, 5.41) is 0.982. The molecule has 20 heavy (non-hydrogen) atoms. The molecule has 0 saturated heterocycles. The van der Waals surface area contributed by atoms with E-state index in [0.717, 1.165) is 29.3 Å². The van der Waals surface area contributed by atoms with E-state index in [2.05, 4.69) is 4.98 Å². The second-order valence-corrected chi connectivity index (χ2v) is 5.71. The summed E-state index contributed by atoms with van der Waals surface area (Å²) in [5.74, 6) is 0.637. The van der Waals surface area contributed by atoms with Crippen molar-refractivity contribution >= 4 is 28.1 Å². The van der Waals surface area contributed by atoms with Crippen LogP contribution in [0.4, 0.5) is 0 Å². The van der Waals surface area contributed by atoms with E-state index < -0.39 is 0 Å². The predicted molar refractivity (Wildman–Crippen MR) is 85.1 cm³/mol. The molecule has 2 N–H and O–H groups in total. The first kappa shape index (κ1) is 13.3. The Morgan fingerprint density at radius 3 is 2.70 bits per heavy atom. The summed E-state index contributed by atoms with van der Waals surface area (Å²) in [5.41, 5.74) is 7.55. The quantitative estimate of drug-likeness (QED) is 0.876. The fourth-order valence-corrected chi connectivity index (χ4v) is 2.94. The molecule has 1 aliphatic rings. The maximum Gasteiger partial charge on any atom is 0.214 e. The van der Waals surface area contributed by atoms with Gasteiger partial charge in [0.05, 0.1) is 5.52 Å². The van der Waals surface area contributed by atoms with Crippen LogP contribution in [0.5, 0.6) is 5.88 Å². The third-order valence-electron chi connectivity index (χ3n) is 3.80. The fraction of sp³-hybridized carbons (Fsp3) is 0.375. The summed E-state index contributed by atoms with van der Waals surface area (Å²) in [6, 6.07) is 9.75. The van der Waals surface area contributed by atoms with Gasteiger partial charge in [0.15, 0.2) is 0 Å². The summed E-state index contributed by atoms with van der Waals surface area (Å²) in [4.78, 5) is 4.96. The molecule has 2 aromatic rings. The second-order valence-electron chi connectivity index (χ2n) is 5.27. The third kappa shape index (κ3) is 2.75. The van der Waals surface area contributed by atoms with Crippen LogP contribution >= 0.6 is 12.2 Å². The molecule has 1 fully saturated rings. The minimum atomic E-state index is 0.275. The zero-order valence-electron chi connectivity index (χ0n) is 11.3. The average Bonchev–Trinajstić information content (AvgIpc) is 2.47. The van der Waals surface area contributed by atoms with Crippen molar-refractivity contribution in [3.63, 3.8) is 0 Å². The number of nitrogens with zero attached hydrogens (tertiary/aromatic N) is 1. The standard InChI is InChI=1S/C16H18N2OS/c17-16(20)13-10-15(19-11-6-2-1-3-7-11)18-14-9-5-4-8-12(13)14/h4-5,8-11H,1-3,6-7H2,(H2,17,20). The topological polar surface area (TPSA) is 48.1 Å². The molecule has 0 aliphatic heterocycles. The Kier molecular flexibility index (Phi) is 3.83. The van der Waals surface area contributed by atoms with Crippen LogP contribution in [-0.2, 0) is 0 Å². The third-order valence-corrected chi connectivity index (χ3v) is 4.02. The molecule has 1 aromatic heterocycles. The zero-order valence-corrected chi connectivity index (χ0v) is 12.2. The fourth-order valence-electron chi connectivity index (χ4n) is 2.77. The van der Waals surface area contributed by atoms with Crippen molar-refractivity contribution in [2.45, 2.75) is 38.2 Å². The van der Waals surface area contributed by atoms with Gasteiger partial charge in [0, 0.05) is 17.0 Å². The normalized spacial score (nSPS) is 16.2. The number of para-hydroxylation sites is 1. The van der Waals surface area contributed by atoms with E-state index in [9.17, 15) is 0 Å². The Hall–Kier alpha value is -1.68. The van der Waals surface area contributed by atoms with E-state index in [0.29, 0.717) is 10.9 Å². The van der Waals surface area contributed by atoms with Crippen molar-refractivity contribution in [1.29, 1.82) is 0 Å². The Labute approximate surface area is 124 Å². The summed E-state index contributed by atoms with van der Waals surface area (Å²) in [6.07, 6.45) is 6.27. The predicted octanol–water partition coefficient (Wildman–Crippen LogP) is 3.58. The summed E-state index contributed by atoms with van der Waals surface area (Å²) < 4.78 is 6.03. The molecular formula is C16H18N2OS. The molecule has 3 rings (SSSR count). The number of rotatable bonds is 3. The Morgan fingerprint density at radius 2 is 1.95 bits per heavy atom. The van der Waals surface area contributed by atoms with Crippen molar-refractivity contribution in [2.75, 3.05) is 0 Å². The molecule has 1 heterocycles. The van der Waals surface area contributed by atoms with Gasteiger partial charge in [0.2, 0.25) is 5.88 Å². The molecule has 4 heteroatoms. The smallest absolute Gasteiger partial charge is 0.214 e. The highest BCUT2D eigenvalue weighted by atomic mass is 32.1. The van der Waals surface area contributed by atoms with Crippen molar-refractivity contribution in [1.82, 2.24) is 4.98 Å². The first-order valence-electron chi connectivity index (χ1n) is 7.10. The molecule has 0 unspecified atom stereocenters. The highest BCUT2D eigenvalue weighted by Gasteiger charge is 2.16. The van der Waals surface area contributed by atoms with Gasteiger partial charge in [-0.2, -0.15) is 0 Å². The number of fused-ring (bicyclic) bond motifs is 1. The first-order chi connectivity index (χ1) is 9.74. The van der Waals surface area contributed by atoms with Crippen molar-refractivity contribution in [3.05, 3.63) is 35.9 Å². The number of hydrogen-bond acceptors (Lipinski definition) is 3. The highest BCUT2D eigenvalue weighted by Crippen LogP contribution is 2.26. The number of hydrogen-bond donors (Lipinski definition) is 1. The van der Waals surface area contributed by atoms with Crippen LogP contribution < -0.4 is 10.5 Å². The van der Waals surface area contributed by atoms with Gasteiger partial charge < -0.3 is 10.5 Å². The lowest BCUT2D eigenvalue weighted by atomic mass is 9.98. The lowest BCUT2D eigenvalue weighted by Crippen LogP contribution is -2.20. The van der Waals surface area contributed by atoms with E-state index in [1.807, 2.05) is 30.3 Å².